The fourth-order valence-corrected chi connectivity index (χ4v) is 2.87. The molecule has 1 N–H and O–H groups in total. The fourth-order valence-electron chi connectivity index (χ4n) is 2.87. The molecule has 1 aromatic rings. The van der Waals surface area contributed by atoms with Gasteiger partial charge >= 0.3 is 0 Å². The third-order valence-electron chi connectivity index (χ3n) is 4.26. The Hall–Kier alpha value is -0.940. The van der Waals surface area contributed by atoms with Crippen LogP contribution in [0, 0.1) is 5.41 Å². The summed E-state index contributed by atoms with van der Waals surface area (Å²) in [6.45, 7) is 8.24. The summed E-state index contributed by atoms with van der Waals surface area (Å²) >= 11 is 0. The molecule has 1 aromatic heterocycles. The summed E-state index contributed by atoms with van der Waals surface area (Å²) in [6, 6.07) is 0.261. The van der Waals surface area contributed by atoms with E-state index in [1.807, 2.05) is 0 Å². The lowest BCUT2D eigenvalue weighted by Crippen LogP contribution is -2.47. The molecule has 19 heavy (non-hydrogen) atoms. The molecule has 0 spiro atoms. The van der Waals surface area contributed by atoms with Gasteiger partial charge in [-0.2, -0.15) is 0 Å². The van der Waals surface area contributed by atoms with Crippen molar-refractivity contribution in [2.24, 2.45) is 5.41 Å². The van der Waals surface area contributed by atoms with Crippen molar-refractivity contribution in [1.29, 1.82) is 0 Å². The SMILES string of the molecule is CC(NCC1(C)COC1)c1nnc2n1CCCCC2. The van der Waals surface area contributed by atoms with Crippen LogP contribution in [-0.4, -0.2) is 34.5 Å². The van der Waals surface area contributed by atoms with E-state index in [0.717, 1.165) is 38.5 Å². The van der Waals surface area contributed by atoms with Crippen molar-refractivity contribution in [2.45, 2.75) is 52.1 Å². The van der Waals surface area contributed by atoms with Gasteiger partial charge in [0.15, 0.2) is 0 Å². The molecule has 0 aromatic carbocycles. The zero-order chi connectivity index (χ0) is 13.3. The van der Waals surface area contributed by atoms with Gasteiger partial charge in [-0.15, -0.1) is 10.2 Å². The number of aromatic nitrogens is 3. The van der Waals surface area contributed by atoms with Crippen LogP contribution in [-0.2, 0) is 17.7 Å². The Morgan fingerprint density at radius 1 is 1.32 bits per heavy atom. The van der Waals surface area contributed by atoms with E-state index in [-0.39, 0.29) is 6.04 Å². The third-order valence-corrected chi connectivity index (χ3v) is 4.26. The number of hydrogen-bond donors (Lipinski definition) is 1. The second-order valence-corrected chi connectivity index (χ2v) is 6.34. The van der Waals surface area contributed by atoms with Crippen molar-refractivity contribution >= 4 is 0 Å². The molecule has 1 unspecified atom stereocenters. The summed E-state index contributed by atoms with van der Waals surface area (Å²) in [5.74, 6) is 2.26. The molecule has 1 atom stereocenters. The topological polar surface area (TPSA) is 52.0 Å². The predicted molar refractivity (Wildman–Crippen MR) is 72.9 cm³/mol. The van der Waals surface area contributed by atoms with Gasteiger partial charge in [-0.1, -0.05) is 13.3 Å². The highest BCUT2D eigenvalue weighted by atomic mass is 16.5. The normalized spacial score (nSPS) is 23.3. The van der Waals surface area contributed by atoms with Crippen LogP contribution in [0.4, 0.5) is 0 Å². The summed E-state index contributed by atoms with van der Waals surface area (Å²) in [6.07, 6.45) is 4.87. The molecule has 5 heteroatoms. The molecule has 0 radical (unpaired) electrons. The van der Waals surface area contributed by atoms with Gasteiger partial charge in [-0.3, -0.25) is 0 Å². The van der Waals surface area contributed by atoms with Crippen molar-refractivity contribution in [1.82, 2.24) is 20.1 Å². The van der Waals surface area contributed by atoms with Crippen molar-refractivity contribution in [3.63, 3.8) is 0 Å². The van der Waals surface area contributed by atoms with Crippen LogP contribution in [0.3, 0.4) is 0 Å². The van der Waals surface area contributed by atoms with Gasteiger partial charge in [0.05, 0.1) is 19.3 Å². The largest absolute Gasteiger partial charge is 0.380 e. The average Bonchev–Trinajstić information content (AvgIpc) is 2.63. The average molecular weight is 264 g/mol. The van der Waals surface area contributed by atoms with Crippen molar-refractivity contribution in [3.8, 4) is 0 Å². The Balaban J connectivity index is 1.66. The van der Waals surface area contributed by atoms with Gasteiger partial charge in [0.1, 0.15) is 11.6 Å². The van der Waals surface area contributed by atoms with Crippen LogP contribution in [0.1, 0.15) is 50.8 Å². The maximum absolute atomic E-state index is 5.29. The standard InChI is InChI=1S/C14H24N4O/c1-11(15-8-14(2)9-19-10-14)13-17-16-12-6-4-3-5-7-18(12)13/h11,15H,3-10H2,1-2H3. The van der Waals surface area contributed by atoms with Crippen molar-refractivity contribution in [3.05, 3.63) is 11.6 Å². The zero-order valence-electron chi connectivity index (χ0n) is 12.0. The van der Waals surface area contributed by atoms with Gasteiger partial charge in [0, 0.05) is 24.9 Å². The molecule has 0 bridgehead atoms. The Bertz CT molecular complexity index is 439. The lowest BCUT2D eigenvalue weighted by Gasteiger charge is -2.38. The lowest BCUT2D eigenvalue weighted by molar-refractivity contribution is -0.1000. The number of nitrogens with one attached hydrogen (secondary N) is 1. The number of rotatable bonds is 4. The first-order valence-corrected chi connectivity index (χ1v) is 7.41. The van der Waals surface area contributed by atoms with Gasteiger partial charge < -0.3 is 14.6 Å². The Morgan fingerprint density at radius 2 is 2.16 bits per heavy atom. The second kappa shape index (κ2) is 5.21. The summed E-state index contributed by atoms with van der Waals surface area (Å²) in [7, 11) is 0. The first-order chi connectivity index (χ1) is 9.18. The molecule has 3 rings (SSSR count). The fraction of sp³-hybridized carbons (Fsp3) is 0.857. The summed E-state index contributed by atoms with van der Waals surface area (Å²) < 4.78 is 7.62. The van der Waals surface area contributed by atoms with Crippen LogP contribution >= 0.6 is 0 Å². The second-order valence-electron chi connectivity index (χ2n) is 6.34. The quantitative estimate of drug-likeness (QED) is 0.899. The van der Waals surface area contributed by atoms with Crippen molar-refractivity contribution in [2.75, 3.05) is 19.8 Å². The maximum atomic E-state index is 5.29. The van der Waals surface area contributed by atoms with Crippen molar-refractivity contribution < 1.29 is 4.74 Å². The number of aryl methyl sites for hydroxylation is 1. The van der Waals surface area contributed by atoms with Crippen LogP contribution in [0.15, 0.2) is 0 Å². The molecule has 3 heterocycles. The smallest absolute Gasteiger partial charge is 0.149 e. The highest BCUT2D eigenvalue weighted by molar-refractivity contribution is 5.02. The molecule has 0 amide bonds. The van der Waals surface area contributed by atoms with E-state index in [4.69, 9.17) is 4.74 Å². The van der Waals surface area contributed by atoms with E-state index in [1.165, 1.54) is 25.1 Å². The highest BCUT2D eigenvalue weighted by Gasteiger charge is 2.33. The van der Waals surface area contributed by atoms with Gasteiger partial charge in [0.2, 0.25) is 0 Å². The maximum Gasteiger partial charge on any atom is 0.149 e. The van der Waals surface area contributed by atoms with Gasteiger partial charge in [-0.05, 0) is 19.8 Å². The lowest BCUT2D eigenvalue weighted by atomic mass is 9.88. The van der Waals surface area contributed by atoms with Crippen LogP contribution in [0.25, 0.3) is 0 Å². The molecule has 1 fully saturated rings. The Labute approximate surface area is 114 Å². The minimum absolute atomic E-state index is 0.261. The Morgan fingerprint density at radius 3 is 2.89 bits per heavy atom. The molecule has 1 saturated heterocycles. The molecule has 106 valence electrons. The highest BCUT2D eigenvalue weighted by Crippen LogP contribution is 2.26. The number of ether oxygens (including phenoxy) is 1. The zero-order valence-corrected chi connectivity index (χ0v) is 12.0. The summed E-state index contributed by atoms with van der Waals surface area (Å²) in [4.78, 5) is 0. The molecule has 2 aliphatic rings. The molecular formula is C14H24N4O. The van der Waals surface area contributed by atoms with Crippen LogP contribution in [0.5, 0.6) is 0 Å². The molecule has 5 nitrogen and oxygen atoms in total. The number of hydrogen-bond acceptors (Lipinski definition) is 4. The number of nitrogens with zero attached hydrogens (tertiary/aromatic N) is 3. The summed E-state index contributed by atoms with van der Waals surface area (Å²) in [5, 5.41) is 12.4. The van der Waals surface area contributed by atoms with Crippen LogP contribution in [0.2, 0.25) is 0 Å². The summed E-state index contributed by atoms with van der Waals surface area (Å²) in [5.41, 5.74) is 0.301. The van der Waals surface area contributed by atoms with Gasteiger partial charge in [0.25, 0.3) is 0 Å². The van der Waals surface area contributed by atoms with Gasteiger partial charge in [-0.25, -0.2) is 0 Å². The van der Waals surface area contributed by atoms with E-state index < -0.39 is 0 Å². The minimum atomic E-state index is 0.261. The Kier molecular flexibility index (Phi) is 3.58. The van der Waals surface area contributed by atoms with E-state index in [9.17, 15) is 0 Å². The van der Waals surface area contributed by atoms with E-state index in [2.05, 4.69) is 33.9 Å². The number of fused-ring (bicyclic) bond motifs is 1. The third kappa shape index (κ3) is 2.67. The van der Waals surface area contributed by atoms with E-state index in [1.54, 1.807) is 0 Å². The first kappa shape index (κ1) is 13.1. The first-order valence-electron chi connectivity index (χ1n) is 7.41. The molecular weight excluding hydrogens is 240 g/mol. The monoisotopic (exact) mass is 264 g/mol. The molecule has 0 aliphatic carbocycles. The molecule has 0 saturated carbocycles. The van der Waals surface area contributed by atoms with Crippen LogP contribution < -0.4 is 5.32 Å². The predicted octanol–water partition coefficient (Wildman–Crippen LogP) is 1.69. The van der Waals surface area contributed by atoms with E-state index >= 15 is 0 Å². The molecule has 2 aliphatic heterocycles. The van der Waals surface area contributed by atoms with E-state index in [0.29, 0.717) is 5.41 Å². The minimum Gasteiger partial charge on any atom is -0.380 e.